The van der Waals surface area contributed by atoms with Crippen molar-refractivity contribution in [2.45, 2.75) is 13.8 Å². The highest BCUT2D eigenvalue weighted by atomic mass is 16.5. The van der Waals surface area contributed by atoms with E-state index in [0.29, 0.717) is 23.7 Å². The molecule has 0 saturated heterocycles. The lowest BCUT2D eigenvalue weighted by Gasteiger charge is -2.05. The van der Waals surface area contributed by atoms with Crippen LogP contribution in [0.2, 0.25) is 0 Å². The lowest BCUT2D eigenvalue weighted by atomic mass is 10.1. The molecule has 0 bridgehead atoms. The Kier molecular flexibility index (Phi) is 5.10. The highest BCUT2D eigenvalue weighted by molar-refractivity contribution is 5.92. The SMILES string of the molecule is CCOC(=O)/C(C)=C/c1ccc(Oc2cccnc2)cc1. The molecule has 1 heterocycles. The molecule has 0 aliphatic rings. The van der Waals surface area contributed by atoms with Gasteiger partial charge in [0.25, 0.3) is 0 Å². The van der Waals surface area contributed by atoms with Crippen LogP contribution in [0.25, 0.3) is 6.08 Å². The lowest BCUT2D eigenvalue weighted by molar-refractivity contribution is -0.138. The predicted molar refractivity (Wildman–Crippen MR) is 81.0 cm³/mol. The third kappa shape index (κ3) is 4.45. The zero-order chi connectivity index (χ0) is 15.1. The standard InChI is InChI=1S/C17H17NO3/c1-3-20-17(19)13(2)11-14-6-8-15(9-7-14)21-16-5-4-10-18-12-16/h4-12H,3H2,1-2H3/b13-11+. The van der Waals surface area contributed by atoms with Crippen molar-refractivity contribution in [3.8, 4) is 11.5 Å². The van der Waals surface area contributed by atoms with E-state index in [0.717, 1.165) is 5.56 Å². The van der Waals surface area contributed by atoms with Gasteiger partial charge >= 0.3 is 5.97 Å². The second kappa shape index (κ2) is 7.24. The number of aromatic nitrogens is 1. The minimum absolute atomic E-state index is 0.298. The highest BCUT2D eigenvalue weighted by Crippen LogP contribution is 2.21. The van der Waals surface area contributed by atoms with Gasteiger partial charge in [-0.25, -0.2) is 4.79 Å². The average Bonchev–Trinajstić information content (AvgIpc) is 2.50. The number of carbonyl (C=O) groups excluding carboxylic acids is 1. The summed E-state index contributed by atoms with van der Waals surface area (Å²) >= 11 is 0. The summed E-state index contributed by atoms with van der Waals surface area (Å²) in [6, 6.07) is 11.1. The van der Waals surface area contributed by atoms with Crippen LogP contribution >= 0.6 is 0 Å². The Morgan fingerprint density at radius 1 is 1.19 bits per heavy atom. The Balaban J connectivity index is 2.05. The van der Waals surface area contributed by atoms with E-state index in [1.54, 1.807) is 32.3 Å². The fourth-order valence-corrected chi connectivity index (χ4v) is 1.73. The van der Waals surface area contributed by atoms with Gasteiger partial charge in [-0.2, -0.15) is 0 Å². The molecule has 0 aliphatic carbocycles. The monoisotopic (exact) mass is 283 g/mol. The van der Waals surface area contributed by atoms with Crippen LogP contribution in [-0.4, -0.2) is 17.6 Å². The fraction of sp³-hybridized carbons (Fsp3) is 0.176. The van der Waals surface area contributed by atoms with E-state index in [4.69, 9.17) is 9.47 Å². The largest absolute Gasteiger partial charge is 0.463 e. The molecular weight excluding hydrogens is 266 g/mol. The minimum atomic E-state index is -0.298. The topological polar surface area (TPSA) is 48.4 Å². The zero-order valence-electron chi connectivity index (χ0n) is 12.1. The van der Waals surface area contributed by atoms with Crippen LogP contribution in [0.5, 0.6) is 11.5 Å². The summed E-state index contributed by atoms with van der Waals surface area (Å²) in [6.45, 7) is 3.90. The van der Waals surface area contributed by atoms with Gasteiger partial charge in [0, 0.05) is 11.8 Å². The third-order valence-electron chi connectivity index (χ3n) is 2.73. The summed E-state index contributed by atoms with van der Waals surface area (Å²) < 4.78 is 10.6. The number of ether oxygens (including phenoxy) is 2. The maximum Gasteiger partial charge on any atom is 0.333 e. The van der Waals surface area contributed by atoms with Gasteiger partial charge in [0.05, 0.1) is 12.8 Å². The summed E-state index contributed by atoms with van der Waals surface area (Å²) in [4.78, 5) is 15.5. The molecule has 4 heteroatoms. The molecule has 21 heavy (non-hydrogen) atoms. The number of carbonyl (C=O) groups is 1. The maximum absolute atomic E-state index is 11.5. The number of rotatable bonds is 5. The Morgan fingerprint density at radius 2 is 1.95 bits per heavy atom. The zero-order valence-corrected chi connectivity index (χ0v) is 12.1. The molecule has 0 fully saturated rings. The van der Waals surface area contributed by atoms with Crippen molar-refractivity contribution in [3.05, 3.63) is 59.9 Å². The maximum atomic E-state index is 11.5. The molecule has 2 rings (SSSR count). The van der Waals surface area contributed by atoms with Gasteiger partial charge < -0.3 is 9.47 Å². The summed E-state index contributed by atoms with van der Waals surface area (Å²) in [6.07, 6.45) is 5.13. The molecule has 0 radical (unpaired) electrons. The minimum Gasteiger partial charge on any atom is -0.463 e. The van der Waals surface area contributed by atoms with E-state index in [1.807, 2.05) is 36.4 Å². The van der Waals surface area contributed by atoms with Crippen molar-refractivity contribution in [3.63, 3.8) is 0 Å². The number of pyridine rings is 1. The van der Waals surface area contributed by atoms with E-state index in [-0.39, 0.29) is 5.97 Å². The number of hydrogen-bond acceptors (Lipinski definition) is 4. The summed E-state index contributed by atoms with van der Waals surface area (Å²) in [5.74, 6) is 1.10. The molecule has 0 atom stereocenters. The highest BCUT2D eigenvalue weighted by Gasteiger charge is 2.04. The average molecular weight is 283 g/mol. The smallest absolute Gasteiger partial charge is 0.333 e. The van der Waals surface area contributed by atoms with Crippen molar-refractivity contribution >= 4 is 12.0 Å². The van der Waals surface area contributed by atoms with E-state index in [2.05, 4.69) is 4.98 Å². The van der Waals surface area contributed by atoms with Gasteiger partial charge in [-0.1, -0.05) is 12.1 Å². The first-order chi connectivity index (χ1) is 10.2. The number of benzene rings is 1. The molecule has 108 valence electrons. The van der Waals surface area contributed by atoms with Gasteiger partial charge in [-0.15, -0.1) is 0 Å². The first kappa shape index (κ1) is 14.8. The van der Waals surface area contributed by atoms with E-state index < -0.39 is 0 Å². The molecular formula is C17H17NO3. The molecule has 0 amide bonds. The number of nitrogens with zero attached hydrogens (tertiary/aromatic N) is 1. The molecule has 0 saturated carbocycles. The van der Waals surface area contributed by atoms with Crippen molar-refractivity contribution in [2.24, 2.45) is 0 Å². The molecule has 0 unspecified atom stereocenters. The molecule has 0 N–H and O–H groups in total. The van der Waals surface area contributed by atoms with Crippen molar-refractivity contribution in [2.75, 3.05) is 6.61 Å². The molecule has 1 aromatic heterocycles. The van der Waals surface area contributed by atoms with Crippen LogP contribution < -0.4 is 4.74 Å². The fourth-order valence-electron chi connectivity index (χ4n) is 1.73. The van der Waals surface area contributed by atoms with Crippen LogP contribution in [0, 0.1) is 0 Å². The second-order valence-corrected chi connectivity index (χ2v) is 4.41. The Bertz CT molecular complexity index is 618. The second-order valence-electron chi connectivity index (χ2n) is 4.41. The van der Waals surface area contributed by atoms with Crippen LogP contribution in [0.1, 0.15) is 19.4 Å². The van der Waals surface area contributed by atoms with Crippen LogP contribution in [0.4, 0.5) is 0 Å². The van der Waals surface area contributed by atoms with E-state index in [9.17, 15) is 4.79 Å². The number of esters is 1. The van der Waals surface area contributed by atoms with E-state index in [1.165, 1.54) is 0 Å². The Hall–Kier alpha value is -2.62. The van der Waals surface area contributed by atoms with E-state index >= 15 is 0 Å². The summed E-state index contributed by atoms with van der Waals surface area (Å²) in [5.41, 5.74) is 1.48. The van der Waals surface area contributed by atoms with Crippen molar-refractivity contribution in [1.29, 1.82) is 0 Å². The predicted octanol–water partition coefficient (Wildman–Crippen LogP) is 3.84. The first-order valence-electron chi connectivity index (χ1n) is 6.72. The van der Waals surface area contributed by atoms with Crippen LogP contribution in [-0.2, 0) is 9.53 Å². The van der Waals surface area contributed by atoms with Crippen molar-refractivity contribution in [1.82, 2.24) is 4.98 Å². The lowest BCUT2D eigenvalue weighted by Crippen LogP contribution is -2.04. The Labute approximate surface area is 124 Å². The van der Waals surface area contributed by atoms with Gasteiger partial charge in [0.1, 0.15) is 11.5 Å². The van der Waals surface area contributed by atoms with Gasteiger partial charge in [0.15, 0.2) is 0 Å². The van der Waals surface area contributed by atoms with Crippen molar-refractivity contribution < 1.29 is 14.3 Å². The molecule has 0 spiro atoms. The third-order valence-corrected chi connectivity index (χ3v) is 2.73. The van der Waals surface area contributed by atoms with Crippen LogP contribution in [0.3, 0.4) is 0 Å². The Morgan fingerprint density at radius 3 is 2.57 bits per heavy atom. The normalized spacial score (nSPS) is 11.0. The summed E-state index contributed by atoms with van der Waals surface area (Å²) in [5, 5.41) is 0. The molecule has 0 aliphatic heterocycles. The quantitative estimate of drug-likeness (QED) is 0.618. The first-order valence-corrected chi connectivity index (χ1v) is 6.72. The molecule has 1 aromatic carbocycles. The molecule has 2 aromatic rings. The van der Waals surface area contributed by atoms with Gasteiger partial charge in [0.2, 0.25) is 0 Å². The van der Waals surface area contributed by atoms with Gasteiger partial charge in [-0.05, 0) is 49.8 Å². The number of hydrogen-bond donors (Lipinski definition) is 0. The van der Waals surface area contributed by atoms with Gasteiger partial charge in [-0.3, -0.25) is 4.98 Å². The van der Waals surface area contributed by atoms with Crippen LogP contribution in [0.15, 0.2) is 54.4 Å². The summed E-state index contributed by atoms with van der Waals surface area (Å²) in [7, 11) is 0. The molecule has 4 nitrogen and oxygen atoms in total.